The number of rotatable bonds is 2. The van der Waals surface area contributed by atoms with E-state index in [0.717, 1.165) is 59.1 Å². The van der Waals surface area contributed by atoms with E-state index in [0.29, 0.717) is 24.7 Å². The summed E-state index contributed by atoms with van der Waals surface area (Å²) in [5.41, 5.74) is 6.66. The first kappa shape index (κ1) is 19.7. The number of aromatic nitrogens is 5. The number of hydrogen-bond acceptors (Lipinski definition) is 8. The zero-order valence-corrected chi connectivity index (χ0v) is 18.5. The number of nitrogens with zero attached hydrogens (tertiary/aromatic N) is 7. The van der Waals surface area contributed by atoms with Gasteiger partial charge in [-0.15, -0.1) is 5.10 Å². The van der Waals surface area contributed by atoms with Crippen molar-refractivity contribution >= 4 is 22.8 Å². The lowest BCUT2D eigenvalue weighted by Gasteiger charge is -2.33. The van der Waals surface area contributed by atoms with Crippen LogP contribution in [0.2, 0.25) is 0 Å². The van der Waals surface area contributed by atoms with Crippen molar-refractivity contribution in [2.24, 2.45) is 0 Å². The molecule has 9 heteroatoms. The van der Waals surface area contributed by atoms with Crippen LogP contribution in [0.1, 0.15) is 22.4 Å². The fourth-order valence-electron chi connectivity index (χ4n) is 4.62. The highest BCUT2D eigenvalue weighted by Gasteiger charge is 2.25. The van der Waals surface area contributed by atoms with Crippen LogP contribution >= 0.6 is 0 Å². The molecule has 0 radical (unpaired) electrons. The van der Waals surface area contributed by atoms with Gasteiger partial charge in [-0.1, -0.05) is 0 Å². The summed E-state index contributed by atoms with van der Waals surface area (Å²) in [5, 5.41) is 4.69. The van der Waals surface area contributed by atoms with Crippen molar-refractivity contribution in [2.75, 3.05) is 29.5 Å². The molecule has 0 unspecified atom stereocenters. The van der Waals surface area contributed by atoms with Crippen LogP contribution in [0.4, 0.5) is 17.2 Å². The fraction of sp³-hybridized carbons (Fsp3) is 0.292. The largest absolute Gasteiger partial charge is 0.474 e. The second-order valence-electron chi connectivity index (χ2n) is 8.39. The molecule has 6 heterocycles. The Balaban J connectivity index is 1.38. The molecule has 166 valence electrons. The van der Waals surface area contributed by atoms with Crippen LogP contribution in [0.3, 0.4) is 0 Å². The Kier molecular flexibility index (Phi) is 4.49. The Morgan fingerprint density at radius 3 is 2.85 bits per heavy atom. The molecule has 9 nitrogen and oxygen atoms in total. The molecule has 0 spiro atoms. The van der Waals surface area contributed by atoms with Crippen molar-refractivity contribution in [3.8, 4) is 5.88 Å². The number of anilines is 3. The first-order valence-electron chi connectivity index (χ1n) is 11.0. The van der Waals surface area contributed by atoms with Gasteiger partial charge in [-0.3, -0.25) is 9.78 Å². The number of ether oxygens (including phenoxy) is 1. The summed E-state index contributed by atoms with van der Waals surface area (Å²) in [6.07, 6.45) is 6.03. The SMILES string of the molecule is Cc1c(N2CCc3ncc(N4CCOc5ncccc54)cc3C2)nn2c(=O)ccnc2c1C. The van der Waals surface area contributed by atoms with Gasteiger partial charge in [0.1, 0.15) is 12.3 Å². The van der Waals surface area contributed by atoms with Crippen molar-refractivity contribution < 1.29 is 4.74 Å². The summed E-state index contributed by atoms with van der Waals surface area (Å²) in [6, 6.07) is 7.58. The number of aryl methyl sites for hydroxylation is 1. The quantitative estimate of drug-likeness (QED) is 0.469. The van der Waals surface area contributed by atoms with Gasteiger partial charge in [0.25, 0.3) is 5.56 Å². The maximum absolute atomic E-state index is 12.4. The third kappa shape index (κ3) is 3.19. The van der Waals surface area contributed by atoms with Gasteiger partial charge in [-0.05, 0) is 37.6 Å². The van der Waals surface area contributed by atoms with Gasteiger partial charge in [0.2, 0.25) is 5.88 Å². The van der Waals surface area contributed by atoms with Crippen LogP contribution in [0.5, 0.6) is 5.88 Å². The van der Waals surface area contributed by atoms with Crippen molar-refractivity contribution in [3.63, 3.8) is 0 Å². The van der Waals surface area contributed by atoms with Crippen molar-refractivity contribution in [1.29, 1.82) is 0 Å². The molecule has 0 amide bonds. The monoisotopic (exact) mass is 441 g/mol. The summed E-state index contributed by atoms with van der Waals surface area (Å²) in [7, 11) is 0. The van der Waals surface area contributed by atoms with Gasteiger partial charge in [-0.25, -0.2) is 9.97 Å². The minimum Gasteiger partial charge on any atom is -0.474 e. The molecule has 0 N–H and O–H groups in total. The topological polar surface area (TPSA) is 88.8 Å². The summed E-state index contributed by atoms with van der Waals surface area (Å²) in [6.45, 7) is 6.81. The van der Waals surface area contributed by atoms with Crippen LogP contribution in [-0.4, -0.2) is 44.3 Å². The molecule has 6 rings (SSSR count). The number of pyridine rings is 2. The average molecular weight is 441 g/mol. The highest BCUT2D eigenvalue weighted by atomic mass is 16.5. The second-order valence-corrected chi connectivity index (χ2v) is 8.39. The smallest absolute Gasteiger partial charge is 0.274 e. The Labute approximate surface area is 190 Å². The van der Waals surface area contributed by atoms with Gasteiger partial charge in [-0.2, -0.15) is 4.52 Å². The summed E-state index contributed by atoms with van der Waals surface area (Å²) >= 11 is 0. The van der Waals surface area contributed by atoms with E-state index in [-0.39, 0.29) is 5.56 Å². The van der Waals surface area contributed by atoms with Crippen LogP contribution in [-0.2, 0) is 13.0 Å². The standard InChI is InChI=1S/C24H23N7O2/c1-15-16(2)23(28-31-21(32)5-8-25-22(15)31)29-9-6-19-17(14-29)12-18(13-27-19)30-10-11-33-24-20(30)4-3-7-26-24/h3-5,7-8,12-13H,6,9-11,14H2,1-2H3. The molecule has 2 aliphatic heterocycles. The first-order chi connectivity index (χ1) is 16.1. The molecule has 2 aliphatic rings. The van der Waals surface area contributed by atoms with E-state index in [4.69, 9.17) is 9.72 Å². The number of fused-ring (bicyclic) bond motifs is 3. The lowest BCUT2D eigenvalue weighted by atomic mass is 10.0. The van der Waals surface area contributed by atoms with E-state index in [9.17, 15) is 4.79 Å². The molecule has 0 fully saturated rings. The van der Waals surface area contributed by atoms with Gasteiger partial charge < -0.3 is 14.5 Å². The van der Waals surface area contributed by atoms with Crippen molar-refractivity contribution in [2.45, 2.75) is 26.8 Å². The Bertz CT molecular complexity index is 1450. The van der Waals surface area contributed by atoms with E-state index in [1.165, 1.54) is 16.8 Å². The molecule has 0 bridgehead atoms. The lowest BCUT2D eigenvalue weighted by molar-refractivity contribution is 0.301. The van der Waals surface area contributed by atoms with Crippen LogP contribution in [0.15, 0.2) is 47.7 Å². The summed E-state index contributed by atoms with van der Waals surface area (Å²) in [4.78, 5) is 30.3. The highest BCUT2D eigenvalue weighted by molar-refractivity contribution is 5.69. The van der Waals surface area contributed by atoms with Crippen LogP contribution in [0.25, 0.3) is 5.65 Å². The maximum Gasteiger partial charge on any atom is 0.274 e. The molecule has 0 aliphatic carbocycles. The molecule has 4 aromatic rings. The normalized spacial score (nSPS) is 15.2. The Morgan fingerprint density at radius 1 is 1.03 bits per heavy atom. The lowest BCUT2D eigenvalue weighted by Crippen LogP contribution is -2.34. The zero-order valence-electron chi connectivity index (χ0n) is 18.5. The third-order valence-electron chi connectivity index (χ3n) is 6.48. The molecular formula is C24H23N7O2. The van der Waals surface area contributed by atoms with E-state index in [1.807, 2.05) is 32.2 Å². The van der Waals surface area contributed by atoms with Crippen LogP contribution < -0.4 is 20.1 Å². The fourth-order valence-corrected chi connectivity index (χ4v) is 4.62. The van der Waals surface area contributed by atoms with Crippen molar-refractivity contribution in [3.05, 3.63) is 75.6 Å². The number of hydrogen-bond donors (Lipinski definition) is 0. The van der Waals surface area contributed by atoms with E-state index in [1.54, 1.807) is 6.20 Å². The van der Waals surface area contributed by atoms with E-state index < -0.39 is 0 Å². The van der Waals surface area contributed by atoms with Gasteiger partial charge in [0, 0.05) is 54.8 Å². The summed E-state index contributed by atoms with van der Waals surface area (Å²) in [5.74, 6) is 1.46. The average Bonchev–Trinajstić information content (AvgIpc) is 2.85. The molecule has 0 aromatic carbocycles. The Hall–Kier alpha value is -4.01. The first-order valence-corrected chi connectivity index (χ1v) is 11.0. The van der Waals surface area contributed by atoms with Gasteiger partial charge >= 0.3 is 0 Å². The van der Waals surface area contributed by atoms with E-state index >= 15 is 0 Å². The molecule has 0 atom stereocenters. The zero-order chi connectivity index (χ0) is 22.5. The molecule has 33 heavy (non-hydrogen) atoms. The van der Waals surface area contributed by atoms with Crippen molar-refractivity contribution in [1.82, 2.24) is 24.6 Å². The predicted molar refractivity (Wildman–Crippen MR) is 124 cm³/mol. The summed E-state index contributed by atoms with van der Waals surface area (Å²) < 4.78 is 7.11. The molecule has 0 saturated carbocycles. The van der Waals surface area contributed by atoms with Gasteiger partial charge in [0.05, 0.1) is 18.4 Å². The molecular weight excluding hydrogens is 418 g/mol. The minimum absolute atomic E-state index is 0.176. The highest BCUT2D eigenvalue weighted by Crippen LogP contribution is 2.36. The van der Waals surface area contributed by atoms with E-state index in [2.05, 4.69) is 30.9 Å². The molecule has 4 aromatic heterocycles. The van der Waals surface area contributed by atoms with Gasteiger partial charge in [0.15, 0.2) is 11.5 Å². The second kappa shape index (κ2) is 7.54. The third-order valence-corrected chi connectivity index (χ3v) is 6.48. The van der Waals surface area contributed by atoms with Crippen LogP contribution in [0, 0.1) is 13.8 Å². The predicted octanol–water partition coefficient (Wildman–Crippen LogP) is 2.59. The Morgan fingerprint density at radius 2 is 1.94 bits per heavy atom. The molecule has 0 saturated heterocycles. The minimum atomic E-state index is -0.176. The maximum atomic E-state index is 12.4.